The Morgan fingerprint density at radius 2 is 1.38 bits per heavy atom. The van der Waals surface area contributed by atoms with Gasteiger partial charge >= 0.3 is 0 Å². The minimum absolute atomic E-state index is 0.768. The fourth-order valence-electron chi connectivity index (χ4n) is 2.67. The second kappa shape index (κ2) is 7.69. The molecule has 0 saturated carbocycles. The van der Waals surface area contributed by atoms with Gasteiger partial charge in [0.15, 0.2) is 5.82 Å². The number of rotatable bonds is 6. The lowest BCUT2D eigenvalue weighted by Gasteiger charge is -2.06. The van der Waals surface area contributed by atoms with E-state index in [1.807, 2.05) is 25.4 Å². The fraction of sp³-hybridized carbons (Fsp3) is 0.182. The van der Waals surface area contributed by atoms with Crippen molar-refractivity contribution in [3.05, 3.63) is 84.7 Å². The molecule has 2 nitrogen and oxygen atoms in total. The zero-order chi connectivity index (χ0) is 16.8. The molecule has 0 amide bonds. The van der Waals surface area contributed by atoms with Crippen LogP contribution >= 0.6 is 0 Å². The van der Waals surface area contributed by atoms with Crippen LogP contribution in [0.25, 0.3) is 22.5 Å². The van der Waals surface area contributed by atoms with Gasteiger partial charge in [0.1, 0.15) is 0 Å². The summed E-state index contributed by atoms with van der Waals surface area (Å²) >= 11 is 0. The summed E-state index contributed by atoms with van der Waals surface area (Å²) in [7, 11) is 0. The summed E-state index contributed by atoms with van der Waals surface area (Å²) in [6.45, 7) is 5.76. The van der Waals surface area contributed by atoms with Crippen molar-refractivity contribution < 1.29 is 0 Å². The number of aryl methyl sites for hydroxylation is 2. The summed E-state index contributed by atoms with van der Waals surface area (Å²) in [5, 5.41) is 0. The van der Waals surface area contributed by atoms with E-state index in [2.05, 4.69) is 65.1 Å². The smallest absolute Gasteiger partial charge is 0.159 e. The second-order valence-corrected chi connectivity index (χ2v) is 6.04. The predicted octanol–water partition coefficient (Wildman–Crippen LogP) is 5.63. The first-order chi connectivity index (χ1) is 11.8. The zero-order valence-corrected chi connectivity index (χ0v) is 14.1. The number of aromatic nitrogens is 2. The fourth-order valence-corrected chi connectivity index (χ4v) is 2.67. The van der Waals surface area contributed by atoms with Crippen molar-refractivity contribution in [3.63, 3.8) is 0 Å². The molecule has 0 unspecified atom stereocenters. The first-order valence-corrected chi connectivity index (χ1v) is 8.35. The summed E-state index contributed by atoms with van der Waals surface area (Å²) in [5.74, 6) is 0.768. The van der Waals surface area contributed by atoms with Gasteiger partial charge in [-0.25, -0.2) is 9.97 Å². The van der Waals surface area contributed by atoms with Crippen molar-refractivity contribution in [1.29, 1.82) is 0 Å². The van der Waals surface area contributed by atoms with Gasteiger partial charge in [-0.1, -0.05) is 54.6 Å². The van der Waals surface area contributed by atoms with E-state index in [1.165, 1.54) is 16.7 Å². The second-order valence-electron chi connectivity index (χ2n) is 6.04. The highest BCUT2D eigenvalue weighted by Crippen LogP contribution is 2.23. The number of nitrogens with zero attached hydrogens (tertiary/aromatic N) is 2. The number of benzene rings is 2. The number of hydrogen-bond acceptors (Lipinski definition) is 2. The molecule has 1 aromatic heterocycles. The summed E-state index contributed by atoms with van der Waals surface area (Å²) in [5.41, 5.74) is 5.94. The Hall–Kier alpha value is -2.74. The summed E-state index contributed by atoms with van der Waals surface area (Å²) in [4.78, 5) is 8.76. The molecule has 2 heteroatoms. The van der Waals surface area contributed by atoms with Gasteiger partial charge in [0.2, 0.25) is 0 Å². The van der Waals surface area contributed by atoms with E-state index in [1.54, 1.807) is 0 Å². The summed E-state index contributed by atoms with van der Waals surface area (Å²) < 4.78 is 0. The molecule has 0 fully saturated rings. The lowest BCUT2D eigenvalue weighted by molar-refractivity contribution is 0.844. The zero-order valence-electron chi connectivity index (χ0n) is 14.1. The van der Waals surface area contributed by atoms with E-state index in [-0.39, 0.29) is 0 Å². The molecular formula is C22H22N2. The van der Waals surface area contributed by atoms with Crippen LogP contribution in [-0.2, 0) is 6.42 Å². The topological polar surface area (TPSA) is 25.8 Å². The van der Waals surface area contributed by atoms with E-state index < -0.39 is 0 Å². The van der Waals surface area contributed by atoms with E-state index in [4.69, 9.17) is 0 Å². The normalized spacial score (nSPS) is 10.5. The van der Waals surface area contributed by atoms with E-state index in [0.29, 0.717) is 0 Å². The van der Waals surface area contributed by atoms with Crippen molar-refractivity contribution in [1.82, 2.24) is 9.97 Å². The van der Waals surface area contributed by atoms with E-state index in [9.17, 15) is 0 Å². The maximum atomic E-state index is 4.38. The average molecular weight is 314 g/mol. The number of hydrogen-bond donors (Lipinski definition) is 0. The number of unbranched alkanes of at least 4 members (excludes halogenated alkanes) is 1. The van der Waals surface area contributed by atoms with Gasteiger partial charge in [-0.15, -0.1) is 6.58 Å². The third-order valence-electron chi connectivity index (χ3n) is 4.09. The monoisotopic (exact) mass is 314 g/mol. The summed E-state index contributed by atoms with van der Waals surface area (Å²) in [6.07, 6.45) is 9.02. The standard InChI is InChI=1S/C22H22N2/c1-3-4-5-6-18-7-9-19(10-8-18)20-11-13-21(14-12-20)22-23-15-17(2)16-24-22/h3,7-16H,1,4-6H2,2H3. The van der Waals surface area contributed by atoms with Gasteiger partial charge in [-0.05, 0) is 48.4 Å². The molecular weight excluding hydrogens is 292 g/mol. The third kappa shape index (κ3) is 3.96. The molecule has 0 bridgehead atoms. The molecule has 0 aliphatic rings. The SMILES string of the molecule is C=CCCCc1ccc(-c2ccc(-c3ncc(C)cn3)cc2)cc1. The maximum Gasteiger partial charge on any atom is 0.159 e. The Labute approximate surface area is 143 Å². The van der Waals surface area contributed by atoms with Crippen LogP contribution in [0.15, 0.2) is 73.6 Å². The van der Waals surface area contributed by atoms with Crippen LogP contribution in [0.1, 0.15) is 24.0 Å². The Balaban J connectivity index is 1.73. The largest absolute Gasteiger partial charge is 0.236 e. The Morgan fingerprint density at radius 1 is 0.833 bits per heavy atom. The van der Waals surface area contributed by atoms with Crippen LogP contribution in [0.5, 0.6) is 0 Å². The summed E-state index contributed by atoms with van der Waals surface area (Å²) in [6, 6.07) is 17.2. The van der Waals surface area contributed by atoms with Crippen molar-refractivity contribution >= 4 is 0 Å². The minimum atomic E-state index is 0.768. The van der Waals surface area contributed by atoms with Gasteiger partial charge in [-0.2, -0.15) is 0 Å². The van der Waals surface area contributed by atoms with Crippen LogP contribution in [0.3, 0.4) is 0 Å². The molecule has 0 spiro atoms. The number of allylic oxidation sites excluding steroid dienone is 1. The first-order valence-electron chi connectivity index (χ1n) is 8.35. The van der Waals surface area contributed by atoms with Crippen molar-refractivity contribution in [2.24, 2.45) is 0 Å². The van der Waals surface area contributed by atoms with Gasteiger partial charge in [0, 0.05) is 18.0 Å². The highest BCUT2D eigenvalue weighted by Gasteiger charge is 2.03. The molecule has 24 heavy (non-hydrogen) atoms. The molecule has 0 atom stereocenters. The first kappa shape index (κ1) is 16.1. The lowest BCUT2D eigenvalue weighted by atomic mass is 10.0. The molecule has 2 aromatic carbocycles. The molecule has 1 heterocycles. The molecule has 0 N–H and O–H groups in total. The molecule has 0 aliphatic carbocycles. The lowest BCUT2D eigenvalue weighted by Crippen LogP contribution is -1.89. The molecule has 0 radical (unpaired) electrons. The Kier molecular flexibility index (Phi) is 5.17. The molecule has 0 saturated heterocycles. The average Bonchev–Trinajstić information content (AvgIpc) is 2.63. The third-order valence-corrected chi connectivity index (χ3v) is 4.09. The van der Waals surface area contributed by atoms with Crippen molar-refractivity contribution in [2.45, 2.75) is 26.2 Å². The quantitative estimate of drug-likeness (QED) is 0.435. The van der Waals surface area contributed by atoms with Crippen LogP contribution in [-0.4, -0.2) is 9.97 Å². The Morgan fingerprint density at radius 3 is 1.96 bits per heavy atom. The Bertz CT molecular complexity index is 785. The van der Waals surface area contributed by atoms with Gasteiger partial charge in [0.25, 0.3) is 0 Å². The van der Waals surface area contributed by atoms with Crippen LogP contribution in [0.4, 0.5) is 0 Å². The van der Waals surface area contributed by atoms with Crippen molar-refractivity contribution in [3.8, 4) is 22.5 Å². The molecule has 0 aliphatic heterocycles. The van der Waals surface area contributed by atoms with Crippen LogP contribution < -0.4 is 0 Å². The van der Waals surface area contributed by atoms with Gasteiger partial charge in [0.05, 0.1) is 0 Å². The minimum Gasteiger partial charge on any atom is -0.236 e. The molecule has 3 rings (SSSR count). The van der Waals surface area contributed by atoms with Crippen LogP contribution in [0, 0.1) is 6.92 Å². The maximum absolute atomic E-state index is 4.38. The van der Waals surface area contributed by atoms with Gasteiger partial charge in [-0.3, -0.25) is 0 Å². The van der Waals surface area contributed by atoms with Gasteiger partial charge < -0.3 is 0 Å². The molecule has 3 aromatic rings. The highest BCUT2D eigenvalue weighted by molar-refractivity contribution is 5.67. The molecule has 120 valence electrons. The van der Waals surface area contributed by atoms with E-state index >= 15 is 0 Å². The van der Waals surface area contributed by atoms with E-state index in [0.717, 1.165) is 36.2 Å². The highest BCUT2D eigenvalue weighted by atomic mass is 14.9. The van der Waals surface area contributed by atoms with Crippen LogP contribution in [0.2, 0.25) is 0 Å². The predicted molar refractivity (Wildman–Crippen MR) is 101 cm³/mol. The van der Waals surface area contributed by atoms with Crippen molar-refractivity contribution in [2.75, 3.05) is 0 Å².